The number of amides is 9. The smallest absolute Gasteiger partial charge is 0.411 e. The van der Waals surface area contributed by atoms with E-state index >= 15 is 0 Å². The Balaban J connectivity index is 0.891. The number of anilines is 2. The molecule has 0 bridgehead atoms. The molecule has 148 heavy (non-hydrogen) atoms. The molecule has 2 aliphatic heterocycles. The van der Waals surface area contributed by atoms with Crippen LogP contribution in [0.1, 0.15) is 166 Å². The molecule has 826 valence electrons. The number of nitrogens with one attached hydrogen (secondary N) is 7. The number of benzene rings is 4. The van der Waals surface area contributed by atoms with Crippen LogP contribution >= 0.6 is 0 Å². The van der Waals surface area contributed by atoms with Crippen LogP contribution in [0.15, 0.2) is 109 Å². The lowest BCUT2D eigenvalue weighted by Crippen LogP contribution is -2.61. The minimum Gasteiger partial charge on any atom is -0.479 e. The number of unbranched alkanes of at least 4 members (excludes halogenated alkanes) is 1. The zero-order chi connectivity index (χ0) is 108. The van der Waals surface area contributed by atoms with Crippen molar-refractivity contribution in [1.82, 2.24) is 41.7 Å². The summed E-state index contributed by atoms with van der Waals surface area (Å²) in [5.74, 6) is -6.81. The van der Waals surface area contributed by atoms with Crippen molar-refractivity contribution in [1.29, 1.82) is 0 Å². The predicted molar refractivity (Wildman–Crippen MR) is 549 cm³/mol. The highest BCUT2D eigenvalue weighted by molar-refractivity contribution is 5.96. The van der Waals surface area contributed by atoms with Crippen LogP contribution < -0.4 is 46.9 Å². The molecule has 4 aromatic carbocycles. The molecule has 0 unspecified atom stereocenters. The van der Waals surface area contributed by atoms with Crippen LogP contribution in [0.25, 0.3) is 6.08 Å². The Labute approximate surface area is 869 Å². The van der Waals surface area contributed by atoms with E-state index < -0.39 is 132 Å². The summed E-state index contributed by atoms with van der Waals surface area (Å²) in [5.41, 5.74) is 3.16. The SMILES string of the molecule is C=Cc1ccccc1N(Cc1ccccc1C)C(=O)CCCCC(=O)N1CCC2(CCC(C(=O)N[C@@H](CNC(=O)CCOCCOCCOCCOCCOCCOCCOCCOCCOCCOCCOCCOC)C(=O)NCCC(=O)NCc3cc(COC(=O)Nc4cccc(C(C)(C)[C@H](NC)C(=O)N[C@H](C(=O)N(C)[C@H](/C=C(\C)C(=O)O)C(C)C)C(C)(C)C)c4)ccc3O[C@@H]3O[C@H](C(=O)O)[C@@H](O)[C@H](O)[C@H]3O)CC2)CC1. The molecule has 1 aliphatic carbocycles. The summed E-state index contributed by atoms with van der Waals surface area (Å²) in [4.78, 5) is 155. The van der Waals surface area contributed by atoms with Gasteiger partial charge in [0.1, 0.15) is 42.8 Å². The highest BCUT2D eigenvalue weighted by Crippen LogP contribution is 2.47. The van der Waals surface area contributed by atoms with Crippen LogP contribution in [0.4, 0.5) is 16.2 Å². The van der Waals surface area contributed by atoms with Gasteiger partial charge in [0.2, 0.25) is 53.5 Å². The standard InChI is InChI=1S/C107H162N10O31/c1-14-77-23-17-18-27-84(77)117(71-79-24-16-15-22-74(79)4)90(121)29-20-19-28-89(120)116-41-38-107(39-42-116)36-32-78(33-37-107)97(125)113-83(70-111-88(119)35-43-135-46-47-137-50-51-139-54-55-141-58-59-143-62-63-145-65-64-144-61-60-142-57-56-140-53-52-138-49-48-136-45-44-134-13)98(126)109-40-34-87(118)110-69-80-67-76(30-31-86(80)147-103-93(124)91(122)92(123)94(148-103)102(131)132)72-146-104(133)112-82-26-21-25-81(68-82)106(9,10)95(108-11)99(127)114-96(105(6,7)8)100(128)115(12)85(73(2)3)66-75(5)101(129)130/h14-18,21-27,30-31,66-68,73,78,83,85,91-96,103,108,122-124H,1,19-20,28-29,32-65,69-72H2,2-13H3,(H,109,126)(H,110,118)(H,111,119)(H,112,133)(H,113,125)(H,114,127)(H,129,130)(H,131,132)/b75-66+/t83-,85+,91-,92-,93+,94-,95+,96+,103+/m0/s1. The summed E-state index contributed by atoms with van der Waals surface area (Å²) in [6, 6.07) is 22.6. The molecule has 4 aromatic rings. The van der Waals surface area contributed by atoms with E-state index in [1.54, 1.807) is 56.4 Å². The molecule has 9 atom stereocenters. The fraction of sp³-hybridized carbons (Fsp3) is 0.636. The van der Waals surface area contributed by atoms with Crippen molar-refractivity contribution in [2.75, 3.05) is 210 Å². The van der Waals surface area contributed by atoms with Crippen LogP contribution in [0, 0.1) is 29.6 Å². The predicted octanol–water partition coefficient (Wildman–Crippen LogP) is 7.10. The van der Waals surface area contributed by atoms with Gasteiger partial charge in [-0.15, -0.1) is 0 Å². The number of carbonyl (C=O) groups excluding carboxylic acids is 9. The molecular weight excluding hydrogens is 1920 g/mol. The molecule has 1 spiro atoms. The van der Waals surface area contributed by atoms with Gasteiger partial charge in [-0.1, -0.05) is 128 Å². The summed E-state index contributed by atoms with van der Waals surface area (Å²) in [6.07, 6.45) is -2.63. The molecule has 2 heterocycles. The Bertz CT molecular complexity index is 4770. The first kappa shape index (κ1) is 124. The van der Waals surface area contributed by atoms with E-state index in [4.69, 9.17) is 71.1 Å². The number of ether oxygens (including phenoxy) is 15. The van der Waals surface area contributed by atoms with Crippen molar-refractivity contribution in [3.05, 3.63) is 143 Å². The number of aliphatic hydroxyl groups excluding tert-OH is 3. The van der Waals surface area contributed by atoms with Gasteiger partial charge in [-0.2, -0.15) is 0 Å². The fourth-order valence-corrected chi connectivity index (χ4v) is 17.2. The summed E-state index contributed by atoms with van der Waals surface area (Å²) >= 11 is 0. The average Bonchev–Trinajstić information content (AvgIpc) is 0.783. The molecule has 41 nitrogen and oxygen atoms in total. The van der Waals surface area contributed by atoms with Gasteiger partial charge in [0.05, 0.1) is 176 Å². The van der Waals surface area contributed by atoms with Crippen LogP contribution in [-0.4, -0.2) is 355 Å². The highest BCUT2D eigenvalue weighted by atomic mass is 16.7. The van der Waals surface area contributed by atoms with Gasteiger partial charge in [0.15, 0.2) is 6.10 Å². The molecule has 1 saturated carbocycles. The maximum atomic E-state index is 14.5. The number of rotatable bonds is 71. The number of aryl methyl sites for hydroxylation is 1. The van der Waals surface area contributed by atoms with Crippen molar-refractivity contribution < 1.29 is 149 Å². The minimum absolute atomic E-state index is 0.00241. The summed E-state index contributed by atoms with van der Waals surface area (Å²) < 4.78 is 83.0. The Hall–Kier alpha value is -10.5. The zero-order valence-corrected chi connectivity index (χ0v) is 88.3. The average molecular weight is 2080 g/mol. The summed E-state index contributed by atoms with van der Waals surface area (Å²) in [7, 11) is 4.80. The number of para-hydroxylation sites is 1. The minimum atomic E-state index is -2.05. The third kappa shape index (κ3) is 43.4. The molecule has 41 heteroatoms. The summed E-state index contributed by atoms with van der Waals surface area (Å²) in [5, 5.41) is 71.6. The Kier molecular flexibility index (Phi) is 56.2. The monoisotopic (exact) mass is 2080 g/mol. The molecule has 0 aromatic heterocycles. The first-order valence-electron chi connectivity index (χ1n) is 51.1. The van der Waals surface area contributed by atoms with Crippen LogP contribution in [0.3, 0.4) is 0 Å². The van der Waals surface area contributed by atoms with Gasteiger partial charge >= 0.3 is 18.0 Å². The number of methoxy groups -OCH3 is 1. The van der Waals surface area contributed by atoms with Crippen molar-refractivity contribution >= 4 is 82.7 Å². The van der Waals surface area contributed by atoms with Crippen molar-refractivity contribution in [3.8, 4) is 5.75 Å². The lowest BCUT2D eigenvalue weighted by atomic mass is 9.65. The van der Waals surface area contributed by atoms with E-state index in [9.17, 15) is 78.3 Å². The number of carbonyl (C=O) groups is 11. The largest absolute Gasteiger partial charge is 0.479 e. The van der Waals surface area contributed by atoms with E-state index in [2.05, 4.69) is 43.8 Å². The first-order valence-corrected chi connectivity index (χ1v) is 51.1. The molecule has 0 radical (unpaired) electrons. The number of nitrogens with zero attached hydrogens (tertiary/aromatic N) is 3. The van der Waals surface area contributed by atoms with Gasteiger partial charge < -0.3 is 143 Å². The quantitative estimate of drug-likeness (QED) is 0.0155. The van der Waals surface area contributed by atoms with Crippen molar-refractivity contribution in [3.63, 3.8) is 0 Å². The number of hydrogen-bond donors (Lipinski definition) is 12. The molecular formula is C107H162N10O31. The zero-order valence-electron chi connectivity index (χ0n) is 88.3. The van der Waals surface area contributed by atoms with Gasteiger partial charge in [0.25, 0.3) is 0 Å². The van der Waals surface area contributed by atoms with Gasteiger partial charge in [-0.05, 0) is 147 Å². The molecule has 12 N–H and O–H groups in total. The molecule has 9 amide bonds. The Morgan fingerprint density at radius 2 is 1.13 bits per heavy atom. The molecule has 2 saturated heterocycles. The molecule has 7 rings (SSSR count). The maximum absolute atomic E-state index is 14.5. The molecule has 3 aliphatic rings. The lowest BCUT2D eigenvalue weighted by Gasteiger charge is -2.45. The number of piperidine rings is 1. The van der Waals surface area contributed by atoms with E-state index in [0.29, 0.717) is 201 Å². The van der Waals surface area contributed by atoms with Crippen LogP contribution in [0.2, 0.25) is 0 Å². The maximum Gasteiger partial charge on any atom is 0.411 e. The third-order valence-electron chi connectivity index (χ3n) is 26.2. The third-order valence-corrected chi connectivity index (χ3v) is 26.2. The normalized spacial score (nSPS) is 17.3. The first-order chi connectivity index (χ1) is 70.9. The Morgan fingerprint density at radius 1 is 0.588 bits per heavy atom. The van der Waals surface area contributed by atoms with Crippen molar-refractivity contribution in [2.24, 2.45) is 22.7 Å². The number of aliphatic carboxylic acids is 2. The van der Waals surface area contributed by atoms with Crippen LogP contribution in [0.5, 0.6) is 5.75 Å². The number of aliphatic hydroxyl groups is 3. The van der Waals surface area contributed by atoms with E-state index in [1.165, 1.54) is 36.1 Å². The number of carboxylic acids is 2. The Morgan fingerprint density at radius 3 is 1.66 bits per heavy atom. The van der Waals surface area contributed by atoms with E-state index in [1.807, 2.05) is 109 Å². The number of likely N-dealkylation sites (N-methyl/N-ethyl adjacent to an activating group) is 2. The molecule has 3 fully saturated rings. The van der Waals surface area contributed by atoms with Gasteiger partial charge in [-0.3, -0.25) is 43.7 Å². The highest BCUT2D eigenvalue weighted by Gasteiger charge is 2.49. The van der Waals surface area contributed by atoms with Gasteiger partial charge in [-0.25, -0.2) is 14.4 Å². The topological polar surface area (TPSA) is 521 Å². The second-order valence-corrected chi connectivity index (χ2v) is 38.9. The van der Waals surface area contributed by atoms with Crippen LogP contribution in [-0.2, 0) is 139 Å². The van der Waals surface area contributed by atoms with E-state index in [0.717, 1.165) is 35.2 Å². The lowest BCUT2D eigenvalue weighted by molar-refractivity contribution is -0.271. The van der Waals surface area contributed by atoms with Crippen molar-refractivity contribution in [2.45, 2.75) is 219 Å². The second-order valence-electron chi connectivity index (χ2n) is 38.9. The second kappa shape index (κ2) is 66.9. The number of hydrogen-bond acceptors (Lipinski definition) is 30. The summed E-state index contributed by atoms with van der Waals surface area (Å²) in [6.45, 7) is 29.3. The van der Waals surface area contributed by atoms with Gasteiger partial charge in [0, 0.05) is 101 Å². The fourth-order valence-electron chi connectivity index (χ4n) is 17.2. The number of likely N-dealkylation sites (tertiary alicyclic amines) is 1. The number of carboxylic acid groups (broad SMARTS) is 2. The van der Waals surface area contributed by atoms with E-state index in [-0.39, 0.29) is 111 Å².